The smallest absolute Gasteiger partial charge is 0.322 e. The highest BCUT2D eigenvalue weighted by Gasteiger charge is 2.24. The van der Waals surface area contributed by atoms with Gasteiger partial charge in [0.15, 0.2) is 0 Å². The summed E-state index contributed by atoms with van der Waals surface area (Å²) >= 11 is 0. The van der Waals surface area contributed by atoms with Gasteiger partial charge in [-0.25, -0.2) is 0 Å². The molecule has 0 unspecified atom stereocenters. The van der Waals surface area contributed by atoms with Crippen LogP contribution >= 0.6 is 0 Å². The lowest BCUT2D eigenvalue weighted by molar-refractivity contribution is -0.137. The average molecular weight is 718 g/mol. The Bertz CT molecular complexity index is 1700. The third-order valence-electron chi connectivity index (χ3n) is 7.63. The van der Waals surface area contributed by atoms with Crippen LogP contribution in [0.25, 0.3) is 0 Å². The van der Waals surface area contributed by atoms with Crippen LogP contribution < -0.4 is 36.2 Å². The highest BCUT2D eigenvalue weighted by Crippen LogP contribution is 2.20. The topological polar surface area (TPSA) is 221 Å². The minimum absolute atomic E-state index is 0.129. The van der Waals surface area contributed by atoms with Crippen LogP contribution in [0, 0.1) is 0 Å². The first-order valence-electron chi connectivity index (χ1n) is 16.3. The number of nitrogens with zero attached hydrogens (tertiary/aromatic N) is 3. The molecular weight excluding hydrogens is 674 g/mol. The minimum atomic E-state index is -1.26. The number of aliphatic carboxylic acids is 1. The van der Waals surface area contributed by atoms with Crippen LogP contribution in [0.15, 0.2) is 78.9 Å². The Balaban J connectivity index is 1.70. The van der Waals surface area contributed by atoms with Gasteiger partial charge in [-0.15, -0.1) is 0 Å². The largest absolute Gasteiger partial charge is 0.497 e. The van der Waals surface area contributed by atoms with Crippen molar-refractivity contribution in [3.05, 3.63) is 90.0 Å². The number of methoxy groups -OCH3 is 1. The summed E-state index contributed by atoms with van der Waals surface area (Å²) in [4.78, 5) is 92.1. The fourth-order valence-electron chi connectivity index (χ4n) is 4.83. The number of carboxylic acid groups (broad SMARTS) is 1. The van der Waals surface area contributed by atoms with Gasteiger partial charge in [-0.3, -0.25) is 33.6 Å². The van der Waals surface area contributed by atoms with E-state index in [0.717, 1.165) is 27.3 Å². The summed E-state index contributed by atoms with van der Waals surface area (Å²) in [6, 6.07) is 22.0. The lowest BCUT2D eigenvalue weighted by Gasteiger charge is -2.25. The summed E-state index contributed by atoms with van der Waals surface area (Å²) in [5.74, 6) is -4.67. The van der Waals surface area contributed by atoms with Crippen LogP contribution in [0.3, 0.4) is 0 Å². The van der Waals surface area contributed by atoms with Crippen LogP contribution in [0.4, 0.5) is 11.4 Å². The normalized spacial score (nSPS) is 10.4. The second-order valence-corrected chi connectivity index (χ2v) is 11.3. The quantitative estimate of drug-likeness (QED) is 0.112. The molecule has 0 aliphatic rings. The van der Waals surface area contributed by atoms with Crippen molar-refractivity contribution in [2.75, 3.05) is 62.7 Å². The number of hydrogen-bond donors (Lipinski definition) is 5. The van der Waals surface area contributed by atoms with Gasteiger partial charge < -0.3 is 46.2 Å². The van der Waals surface area contributed by atoms with Gasteiger partial charge in [0, 0.05) is 17.9 Å². The molecule has 3 aromatic carbocycles. The summed E-state index contributed by atoms with van der Waals surface area (Å²) in [6.07, 6.45) is 0.733. The molecule has 0 radical (unpaired) electrons. The van der Waals surface area contributed by atoms with E-state index in [9.17, 15) is 33.6 Å². The minimum Gasteiger partial charge on any atom is -0.497 e. The van der Waals surface area contributed by atoms with Gasteiger partial charge in [0.2, 0.25) is 35.4 Å². The summed E-state index contributed by atoms with van der Waals surface area (Å²) in [5, 5.41) is 16.1. The van der Waals surface area contributed by atoms with Gasteiger partial charge in [0.05, 0.1) is 33.3 Å². The van der Waals surface area contributed by atoms with Crippen LogP contribution in [0.5, 0.6) is 5.75 Å². The Labute approximate surface area is 300 Å². The molecule has 3 rings (SSSR count). The predicted octanol–water partition coefficient (Wildman–Crippen LogP) is 0.0445. The standard InChI is InChI=1S/C36H43N7O9/c1-3-25-9-11-27(12-10-25)42(24-32(46)40-20-36(50)51)35(49)19-39-31(45)23-43(28-13-15-29(52-2)16-14-28)34(48)18-38-30(44)22-41(33(47)17-37)21-26-7-5-4-6-8-26/h4-16H,3,17-24,37H2,1-2H3,(H,38,44)(H,39,45)(H,40,46)(H,50,51). The van der Waals surface area contributed by atoms with E-state index < -0.39 is 74.1 Å². The maximum atomic E-state index is 13.5. The molecule has 6 amide bonds. The SMILES string of the molecule is CCc1ccc(N(CC(=O)NCC(=O)O)C(=O)CNC(=O)CN(C(=O)CNC(=O)CN(Cc2ccccc2)C(=O)CN)c2ccc(OC)cc2)cc1. The Kier molecular flexibility index (Phi) is 15.7. The molecular formula is C36H43N7O9. The van der Waals surface area contributed by atoms with Crippen molar-refractivity contribution in [1.29, 1.82) is 0 Å². The number of nitrogens with one attached hydrogen (secondary N) is 3. The number of anilines is 2. The van der Waals surface area contributed by atoms with E-state index in [1.165, 1.54) is 24.1 Å². The summed E-state index contributed by atoms with van der Waals surface area (Å²) in [6.45, 7) is -1.39. The Morgan fingerprint density at radius 1 is 0.635 bits per heavy atom. The Morgan fingerprint density at radius 3 is 1.58 bits per heavy atom. The van der Waals surface area contributed by atoms with Crippen LogP contribution in [0.2, 0.25) is 0 Å². The number of aryl methyl sites for hydroxylation is 1. The van der Waals surface area contributed by atoms with E-state index >= 15 is 0 Å². The first kappa shape index (κ1) is 40.1. The van der Waals surface area contributed by atoms with E-state index in [0.29, 0.717) is 17.1 Å². The molecule has 0 saturated heterocycles. The van der Waals surface area contributed by atoms with E-state index in [1.54, 1.807) is 60.7 Å². The van der Waals surface area contributed by atoms with E-state index in [4.69, 9.17) is 15.6 Å². The zero-order valence-electron chi connectivity index (χ0n) is 29.0. The van der Waals surface area contributed by atoms with Gasteiger partial charge in [0.25, 0.3) is 0 Å². The molecule has 0 bridgehead atoms. The first-order chi connectivity index (χ1) is 24.9. The van der Waals surface area contributed by atoms with Crippen LogP contribution in [-0.4, -0.2) is 104 Å². The molecule has 276 valence electrons. The van der Waals surface area contributed by atoms with Crippen molar-refractivity contribution >= 4 is 52.8 Å². The van der Waals surface area contributed by atoms with Crippen molar-refractivity contribution in [2.24, 2.45) is 5.73 Å². The van der Waals surface area contributed by atoms with Crippen molar-refractivity contribution in [2.45, 2.75) is 19.9 Å². The van der Waals surface area contributed by atoms with Crippen LogP contribution in [0.1, 0.15) is 18.1 Å². The second-order valence-electron chi connectivity index (χ2n) is 11.3. The number of carbonyl (C=O) groups is 7. The molecule has 0 aliphatic carbocycles. The highest BCUT2D eigenvalue weighted by molar-refractivity contribution is 6.04. The molecule has 0 spiro atoms. The lowest BCUT2D eigenvalue weighted by Crippen LogP contribution is -2.49. The monoisotopic (exact) mass is 717 g/mol. The summed E-state index contributed by atoms with van der Waals surface area (Å²) < 4.78 is 5.19. The Hall–Kier alpha value is -6.29. The van der Waals surface area contributed by atoms with Crippen molar-refractivity contribution < 1.29 is 43.4 Å². The predicted molar refractivity (Wildman–Crippen MR) is 191 cm³/mol. The molecule has 6 N–H and O–H groups in total. The van der Waals surface area contributed by atoms with Crippen molar-refractivity contribution in [3.8, 4) is 5.75 Å². The molecule has 16 nitrogen and oxygen atoms in total. The number of carbonyl (C=O) groups excluding carboxylic acids is 6. The van der Waals surface area contributed by atoms with Gasteiger partial charge in [0.1, 0.15) is 25.4 Å². The Morgan fingerprint density at radius 2 is 1.12 bits per heavy atom. The third kappa shape index (κ3) is 12.9. The van der Waals surface area contributed by atoms with E-state index in [-0.39, 0.29) is 19.6 Å². The molecule has 3 aromatic rings. The number of hydrogen-bond acceptors (Lipinski definition) is 9. The van der Waals surface area contributed by atoms with Crippen molar-refractivity contribution in [1.82, 2.24) is 20.9 Å². The van der Waals surface area contributed by atoms with Gasteiger partial charge in [-0.2, -0.15) is 0 Å². The molecule has 0 atom stereocenters. The number of rotatable bonds is 19. The number of amides is 6. The highest BCUT2D eigenvalue weighted by atomic mass is 16.5. The molecule has 0 heterocycles. The van der Waals surface area contributed by atoms with Gasteiger partial charge >= 0.3 is 5.97 Å². The number of ether oxygens (including phenoxy) is 1. The number of benzene rings is 3. The number of nitrogens with two attached hydrogens (primary N) is 1. The third-order valence-corrected chi connectivity index (χ3v) is 7.63. The maximum absolute atomic E-state index is 13.5. The van der Waals surface area contributed by atoms with Crippen LogP contribution in [-0.2, 0) is 46.5 Å². The average Bonchev–Trinajstić information content (AvgIpc) is 3.16. The zero-order chi connectivity index (χ0) is 38.0. The summed E-state index contributed by atoms with van der Waals surface area (Å²) in [7, 11) is 1.46. The molecule has 0 aliphatic heterocycles. The summed E-state index contributed by atoms with van der Waals surface area (Å²) in [5.41, 5.74) is 7.95. The molecule has 16 heteroatoms. The van der Waals surface area contributed by atoms with Crippen molar-refractivity contribution in [3.63, 3.8) is 0 Å². The molecule has 0 saturated carbocycles. The zero-order valence-corrected chi connectivity index (χ0v) is 29.0. The molecule has 52 heavy (non-hydrogen) atoms. The van der Waals surface area contributed by atoms with E-state index in [2.05, 4.69) is 16.0 Å². The van der Waals surface area contributed by atoms with Gasteiger partial charge in [-0.05, 0) is 53.9 Å². The molecule has 0 aromatic heterocycles. The lowest BCUT2D eigenvalue weighted by atomic mass is 10.1. The van der Waals surface area contributed by atoms with Gasteiger partial charge in [-0.1, -0.05) is 49.4 Å². The fourth-order valence-corrected chi connectivity index (χ4v) is 4.83. The van der Waals surface area contributed by atoms with E-state index in [1.807, 2.05) is 13.0 Å². The number of carboxylic acids is 1. The molecule has 0 fully saturated rings. The second kappa shape index (κ2) is 20.4. The fraction of sp³-hybridized carbons (Fsp3) is 0.306. The first-order valence-corrected chi connectivity index (χ1v) is 16.3. The maximum Gasteiger partial charge on any atom is 0.322 e.